The lowest BCUT2D eigenvalue weighted by Gasteiger charge is -2.29. The van der Waals surface area contributed by atoms with E-state index in [1.165, 1.54) is 24.4 Å². The number of rotatable bonds is 6. The first-order chi connectivity index (χ1) is 14.3. The molecule has 5 nitrogen and oxygen atoms in total. The van der Waals surface area contributed by atoms with E-state index in [0.717, 1.165) is 6.07 Å². The fourth-order valence-corrected chi connectivity index (χ4v) is 3.59. The van der Waals surface area contributed by atoms with E-state index in [4.69, 9.17) is 4.74 Å². The van der Waals surface area contributed by atoms with E-state index < -0.39 is 29.9 Å². The first-order valence-electron chi connectivity index (χ1n) is 8.96. The summed E-state index contributed by atoms with van der Waals surface area (Å²) in [6.45, 7) is 1.43. The van der Waals surface area contributed by atoms with E-state index in [1.807, 2.05) is 0 Å². The second-order valence-electron chi connectivity index (χ2n) is 6.36. The van der Waals surface area contributed by atoms with Crippen LogP contribution >= 0.6 is 11.8 Å². The summed E-state index contributed by atoms with van der Waals surface area (Å²) in [5, 5.41) is 2.18. The van der Waals surface area contributed by atoms with Crippen LogP contribution in [0.15, 0.2) is 41.6 Å². The zero-order valence-corrected chi connectivity index (χ0v) is 16.4. The van der Waals surface area contributed by atoms with Gasteiger partial charge in [0.2, 0.25) is 0 Å². The molecule has 1 aliphatic rings. The lowest BCUT2D eigenvalue weighted by Crippen LogP contribution is -2.36. The van der Waals surface area contributed by atoms with Crippen LogP contribution in [-0.4, -0.2) is 43.0 Å². The topological polar surface area (TPSA) is 54.5 Å². The molecule has 0 aliphatic carbocycles. The second kappa shape index (κ2) is 9.61. The van der Waals surface area contributed by atoms with Crippen molar-refractivity contribution >= 4 is 23.4 Å². The van der Waals surface area contributed by atoms with E-state index in [0.29, 0.717) is 32.0 Å². The van der Waals surface area contributed by atoms with Gasteiger partial charge in [-0.1, -0.05) is 6.07 Å². The summed E-state index contributed by atoms with van der Waals surface area (Å²) in [6.07, 6.45) is -3.36. The van der Waals surface area contributed by atoms with Gasteiger partial charge < -0.3 is 15.0 Å². The molecule has 2 aromatic rings. The summed E-state index contributed by atoms with van der Waals surface area (Å²) in [6, 6.07) is 6.60. The van der Waals surface area contributed by atoms with Gasteiger partial charge in [0.25, 0.3) is 11.7 Å². The second-order valence-corrected chi connectivity index (χ2v) is 7.33. The highest BCUT2D eigenvalue weighted by atomic mass is 32.2. The molecule has 11 heteroatoms. The van der Waals surface area contributed by atoms with E-state index in [9.17, 15) is 26.7 Å². The lowest BCUT2D eigenvalue weighted by atomic mass is 10.0. The van der Waals surface area contributed by atoms with Gasteiger partial charge in [-0.3, -0.25) is 4.79 Å². The predicted molar refractivity (Wildman–Crippen MR) is 102 cm³/mol. The number of alkyl halides is 5. The maximum atomic E-state index is 13.6. The third kappa shape index (κ3) is 5.60. The number of hydrogen-bond donors (Lipinski definition) is 1. The summed E-state index contributed by atoms with van der Waals surface area (Å²) in [7, 11) is 0. The summed E-state index contributed by atoms with van der Waals surface area (Å²) in [4.78, 5) is 17.9. The number of halogens is 5. The Balaban J connectivity index is 1.78. The van der Waals surface area contributed by atoms with Crippen molar-refractivity contribution in [2.75, 3.05) is 31.2 Å². The van der Waals surface area contributed by atoms with Crippen molar-refractivity contribution in [1.29, 1.82) is 0 Å². The van der Waals surface area contributed by atoms with Gasteiger partial charge in [0.15, 0.2) is 0 Å². The Morgan fingerprint density at radius 1 is 1.23 bits per heavy atom. The Morgan fingerprint density at radius 2 is 1.97 bits per heavy atom. The van der Waals surface area contributed by atoms with Gasteiger partial charge in [0.05, 0.1) is 24.3 Å². The molecule has 2 heterocycles. The first-order valence-corrected chi connectivity index (χ1v) is 9.84. The fraction of sp³-hybridized carbons (Fsp3) is 0.368. The Kier molecular flexibility index (Phi) is 7.14. The highest BCUT2D eigenvalue weighted by Gasteiger charge is 2.34. The molecule has 1 N–H and O–H groups in total. The molecule has 1 aromatic heterocycles. The molecule has 0 unspecified atom stereocenters. The molecule has 0 radical (unpaired) electrons. The summed E-state index contributed by atoms with van der Waals surface area (Å²) in [5.41, 5.74) is -0.690. The highest BCUT2D eigenvalue weighted by molar-refractivity contribution is 7.99. The number of aromatic nitrogens is 1. The average Bonchev–Trinajstić information content (AvgIpc) is 2.72. The number of pyridine rings is 1. The minimum absolute atomic E-state index is 0.0992. The summed E-state index contributed by atoms with van der Waals surface area (Å²) < 4.78 is 71.3. The number of anilines is 1. The maximum Gasteiger partial charge on any atom is 0.416 e. The number of nitrogens with zero attached hydrogens (tertiary/aromatic N) is 2. The van der Waals surface area contributed by atoms with Gasteiger partial charge in [0, 0.05) is 31.5 Å². The summed E-state index contributed by atoms with van der Waals surface area (Å²) >= 11 is 0.0992. The Morgan fingerprint density at radius 3 is 2.63 bits per heavy atom. The van der Waals surface area contributed by atoms with Crippen LogP contribution in [0.3, 0.4) is 0 Å². The molecule has 1 fully saturated rings. The Hall–Kier alpha value is -2.40. The van der Waals surface area contributed by atoms with E-state index in [1.54, 1.807) is 11.0 Å². The molecule has 30 heavy (non-hydrogen) atoms. The normalized spacial score (nSPS) is 14.8. The van der Waals surface area contributed by atoms with Gasteiger partial charge >= 0.3 is 6.18 Å². The number of thioether (sulfide) groups is 1. The van der Waals surface area contributed by atoms with Gasteiger partial charge in [-0.15, -0.1) is 0 Å². The quantitative estimate of drug-likeness (QED) is 0.532. The number of morpholine rings is 1. The third-order valence-electron chi connectivity index (χ3n) is 4.43. The molecular weight excluding hydrogens is 429 g/mol. The van der Waals surface area contributed by atoms with Gasteiger partial charge in [-0.05, 0) is 41.6 Å². The Bertz CT molecular complexity index is 889. The van der Waals surface area contributed by atoms with Crippen LogP contribution in [0, 0.1) is 0 Å². The minimum atomic E-state index is -4.62. The molecule has 3 rings (SSSR count). The average molecular weight is 447 g/mol. The SMILES string of the molecule is O=C(NCc1ccc(N2CCOCC2)cc1C(F)(F)F)c1cccnc1SC(F)F. The number of ether oxygens (including phenoxy) is 1. The van der Waals surface area contributed by atoms with Gasteiger partial charge in [-0.25, -0.2) is 4.98 Å². The van der Waals surface area contributed by atoms with Crippen LogP contribution in [0.2, 0.25) is 0 Å². The van der Waals surface area contributed by atoms with Gasteiger partial charge in [-0.2, -0.15) is 22.0 Å². The van der Waals surface area contributed by atoms with Gasteiger partial charge in [0.1, 0.15) is 5.03 Å². The standard InChI is InChI=1S/C19H18F5N3O2S/c20-18(21)30-17-14(2-1-5-25-17)16(28)26-11-12-3-4-13(10-15(12)19(22,23)24)27-6-8-29-9-7-27/h1-5,10,18H,6-9,11H2,(H,26,28). The number of carbonyl (C=O) groups excluding carboxylic acids is 1. The molecule has 0 saturated carbocycles. The largest absolute Gasteiger partial charge is 0.416 e. The van der Waals surface area contributed by atoms with E-state index in [-0.39, 0.29) is 27.9 Å². The summed E-state index contributed by atoms with van der Waals surface area (Å²) in [5.74, 6) is -3.56. The number of nitrogens with one attached hydrogen (secondary N) is 1. The van der Waals surface area contributed by atoms with E-state index >= 15 is 0 Å². The van der Waals surface area contributed by atoms with Crippen molar-refractivity contribution in [2.24, 2.45) is 0 Å². The molecule has 1 amide bonds. The monoisotopic (exact) mass is 447 g/mol. The molecule has 0 spiro atoms. The van der Waals surface area contributed by atoms with Crippen molar-refractivity contribution in [1.82, 2.24) is 10.3 Å². The minimum Gasteiger partial charge on any atom is -0.378 e. The zero-order chi connectivity index (χ0) is 21.7. The zero-order valence-electron chi connectivity index (χ0n) is 15.6. The van der Waals surface area contributed by atoms with Crippen LogP contribution in [0.5, 0.6) is 0 Å². The number of hydrogen-bond acceptors (Lipinski definition) is 5. The molecule has 162 valence electrons. The number of carbonyl (C=O) groups is 1. The van der Waals surface area contributed by atoms with Crippen LogP contribution < -0.4 is 10.2 Å². The molecule has 0 bridgehead atoms. The van der Waals surface area contributed by atoms with Crippen molar-refractivity contribution in [3.05, 3.63) is 53.2 Å². The molecule has 1 aromatic carbocycles. The van der Waals surface area contributed by atoms with Crippen LogP contribution in [-0.2, 0) is 17.5 Å². The van der Waals surface area contributed by atoms with Crippen LogP contribution in [0.4, 0.5) is 27.6 Å². The highest BCUT2D eigenvalue weighted by Crippen LogP contribution is 2.35. The van der Waals surface area contributed by atoms with Crippen LogP contribution in [0.1, 0.15) is 21.5 Å². The van der Waals surface area contributed by atoms with Crippen LogP contribution in [0.25, 0.3) is 0 Å². The van der Waals surface area contributed by atoms with Crippen molar-refractivity contribution in [3.63, 3.8) is 0 Å². The molecule has 0 atom stereocenters. The lowest BCUT2D eigenvalue weighted by molar-refractivity contribution is -0.138. The van der Waals surface area contributed by atoms with Crippen molar-refractivity contribution in [3.8, 4) is 0 Å². The van der Waals surface area contributed by atoms with Crippen molar-refractivity contribution in [2.45, 2.75) is 23.5 Å². The van der Waals surface area contributed by atoms with E-state index in [2.05, 4.69) is 10.3 Å². The maximum absolute atomic E-state index is 13.6. The third-order valence-corrected chi connectivity index (χ3v) is 5.16. The first kappa shape index (κ1) is 22.3. The van der Waals surface area contributed by atoms with Crippen molar-refractivity contribution < 1.29 is 31.5 Å². The number of amides is 1. The smallest absolute Gasteiger partial charge is 0.378 e. The predicted octanol–water partition coefficient (Wildman–Crippen LogP) is 4.18. The Labute approximate surface area is 173 Å². The fourth-order valence-electron chi connectivity index (χ4n) is 3.01. The molecular formula is C19H18F5N3O2S. The number of benzene rings is 1. The molecule has 1 saturated heterocycles. The molecule has 1 aliphatic heterocycles.